The number of halogens is 1. The van der Waals surface area contributed by atoms with Crippen LogP contribution >= 0.6 is 11.6 Å². The molecule has 0 unspecified atom stereocenters. The maximum atomic E-state index is 12.1. The molecule has 5 heteroatoms. The van der Waals surface area contributed by atoms with Gasteiger partial charge in [0, 0.05) is 12.1 Å². The minimum Gasteiger partial charge on any atom is -0.281 e. The van der Waals surface area contributed by atoms with Crippen LogP contribution in [0.2, 0.25) is 0 Å². The fourth-order valence-corrected chi connectivity index (χ4v) is 1.78. The van der Waals surface area contributed by atoms with E-state index in [1.165, 1.54) is 4.68 Å². The van der Waals surface area contributed by atoms with Gasteiger partial charge in [0.05, 0.1) is 12.1 Å². The number of aromatic nitrogens is 2. The molecule has 1 rings (SSSR count). The van der Waals surface area contributed by atoms with Gasteiger partial charge in [-0.05, 0) is 30.0 Å². The summed E-state index contributed by atoms with van der Waals surface area (Å²) in [4.78, 5) is 23.0. The minimum absolute atomic E-state index is 0.0330. The summed E-state index contributed by atoms with van der Waals surface area (Å²) in [5.74, 6) is 0.211. The molecule has 0 spiro atoms. The van der Waals surface area contributed by atoms with E-state index in [1.54, 1.807) is 6.07 Å². The van der Waals surface area contributed by atoms with Gasteiger partial charge in [0.15, 0.2) is 0 Å². The van der Waals surface area contributed by atoms with Crippen LogP contribution in [-0.4, -0.2) is 15.0 Å². The Morgan fingerprint density at radius 1 is 1.50 bits per heavy atom. The van der Waals surface area contributed by atoms with E-state index < -0.39 is 5.24 Å². The number of hydrogen-bond acceptors (Lipinski definition) is 3. The zero-order chi connectivity index (χ0) is 13.7. The van der Waals surface area contributed by atoms with Gasteiger partial charge < -0.3 is 0 Å². The second-order valence-electron chi connectivity index (χ2n) is 4.66. The van der Waals surface area contributed by atoms with Crippen LogP contribution in [0.3, 0.4) is 0 Å². The summed E-state index contributed by atoms with van der Waals surface area (Å²) in [5, 5.41) is 3.81. The number of nitrogens with zero attached hydrogens (tertiary/aromatic N) is 2. The van der Waals surface area contributed by atoms with Gasteiger partial charge in [-0.15, -0.1) is 0 Å². The molecule has 0 amide bonds. The average Bonchev–Trinajstić information content (AvgIpc) is 2.29. The Hall–Kier alpha value is -1.16. The first-order valence-electron chi connectivity index (χ1n) is 6.25. The zero-order valence-electron chi connectivity index (χ0n) is 11.1. The molecule has 0 aromatic carbocycles. The van der Waals surface area contributed by atoms with Crippen LogP contribution in [0, 0.1) is 0 Å². The summed E-state index contributed by atoms with van der Waals surface area (Å²) < 4.78 is 1.45. The summed E-state index contributed by atoms with van der Waals surface area (Å²) in [7, 11) is 0. The fraction of sp³-hybridized carbons (Fsp3) is 0.615. The van der Waals surface area contributed by atoms with Crippen molar-refractivity contribution in [1.29, 1.82) is 0 Å². The van der Waals surface area contributed by atoms with Crippen molar-refractivity contribution in [2.45, 2.75) is 52.5 Å². The van der Waals surface area contributed by atoms with Crippen molar-refractivity contribution in [3.05, 3.63) is 27.7 Å². The highest BCUT2D eigenvalue weighted by Gasteiger charge is 2.12. The summed E-state index contributed by atoms with van der Waals surface area (Å²) in [6.45, 7) is 6.65. The first kappa shape index (κ1) is 14.9. The van der Waals surface area contributed by atoms with Gasteiger partial charge in [-0.2, -0.15) is 5.10 Å². The SMILES string of the molecule is CCCCn1nc(C(C)C)cc(CC(=O)Cl)c1=O. The smallest absolute Gasteiger partial charge is 0.270 e. The molecular formula is C13H19ClN2O2. The van der Waals surface area contributed by atoms with E-state index in [2.05, 4.69) is 12.0 Å². The largest absolute Gasteiger partial charge is 0.281 e. The third kappa shape index (κ3) is 3.95. The Labute approximate surface area is 112 Å². The molecule has 0 saturated carbocycles. The number of rotatable bonds is 6. The fourth-order valence-electron chi connectivity index (χ4n) is 1.64. The molecule has 0 aliphatic heterocycles. The maximum Gasteiger partial charge on any atom is 0.270 e. The summed E-state index contributed by atoms with van der Waals surface area (Å²) >= 11 is 5.37. The third-order valence-electron chi connectivity index (χ3n) is 2.71. The van der Waals surface area contributed by atoms with E-state index in [0.29, 0.717) is 12.1 Å². The number of aryl methyl sites for hydroxylation is 1. The van der Waals surface area contributed by atoms with Crippen molar-refractivity contribution in [3.63, 3.8) is 0 Å². The van der Waals surface area contributed by atoms with E-state index in [4.69, 9.17) is 11.6 Å². The van der Waals surface area contributed by atoms with Crippen molar-refractivity contribution in [1.82, 2.24) is 9.78 Å². The standard InChI is InChI=1S/C13H19ClN2O2/c1-4-5-6-16-13(18)10(8-12(14)17)7-11(15-16)9(2)3/h7,9H,4-6,8H2,1-3H3. The van der Waals surface area contributed by atoms with E-state index in [0.717, 1.165) is 18.5 Å². The number of carbonyl (C=O) groups is 1. The highest BCUT2D eigenvalue weighted by molar-refractivity contribution is 6.63. The molecule has 18 heavy (non-hydrogen) atoms. The van der Waals surface area contributed by atoms with Crippen LogP contribution in [0.15, 0.2) is 10.9 Å². The van der Waals surface area contributed by atoms with Crippen LogP contribution in [0.25, 0.3) is 0 Å². The zero-order valence-corrected chi connectivity index (χ0v) is 11.8. The molecule has 0 atom stereocenters. The molecule has 0 aliphatic carbocycles. The van der Waals surface area contributed by atoms with Crippen LogP contribution in [-0.2, 0) is 17.8 Å². The van der Waals surface area contributed by atoms with Crippen molar-refractivity contribution >= 4 is 16.8 Å². The number of unbranched alkanes of at least 4 members (excludes halogenated alkanes) is 1. The van der Waals surface area contributed by atoms with E-state index in [-0.39, 0.29) is 17.9 Å². The highest BCUT2D eigenvalue weighted by atomic mass is 35.5. The highest BCUT2D eigenvalue weighted by Crippen LogP contribution is 2.11. The molecule has 0 radical (unpaired) electrons. The summed E-state index contributed by atoms with van der Waals surface area (Å²) in [6.07, 6.45) is 1.85. The van der Waals surface area contributed by atoms with Gasteiger partial charge in [0.2, 0.25) is 5.24 Å². The lowest BCUT2D eigenvalue weighted by Crippen LogP contribution is -2.28. The predicted octanol–water partition coefficient (Wildman–Crippen LogP) is 2.47. The molecule has 0 bridgehead atoms. The molecular weight excluding hydrogens is 252 g/mol. The van der Waals surface area contributed by atoms with E-state index in [9.17, 15) is 9.59 Å². The van der Waals surface area contributed by atoms with Crippen molar-refractivity contribution in [2.75, 3.05) is 0 Å². The molecule has 4 nitrogen and oxygen atoms in total. The van der Waals surface area contributed by atoms with Crippen LogP contribution < -0.4 is 5.56 Å². The Morgan fingerprint density at radius 2 is 2.17 bits per heavy atom. The van der Waals surface area contributed by atoms with Crippen molar-refractivity contribution < 1.29 is 4.79 Å². The summed E-state index contributed by atoms with van der Waals surface area (Å²) in [6, 6.07) is 1.69. The molecule has 0 saturated heterocycles. The number of hydrogen-bond donors (Lipinski definition) is 0. The molecule has 100 valence electrons. The Kier molecular flexibility index (Phi) is 5.54. The maximum absolute atomic E-state index is 12.1. The molecule has 0 aliphatic rings. The lowest BCUT2D eigenvalue weighted by molar-refractivity contribution is -0.111. The van der Waals surface area contributed by atoms with Gasteiger partial charge in [-0.25, -0.2) is 4.68 Å². The third-order valence-corrected chi connectivity index (χ3v) is 2.85. The molecule has 1 aromatic rings. The monoisotopic (exact) mass is 270 g/mol. The van der Waals surface area contributed by atoms with Crippen molar-refractivity contribution in [3.8, 4) is 0 Å². The quantitative estimate of drug-likeness (QED) is 0.746. The first-order chi connectivity index (χ1) is 8.45. The van der Waals surface area contributed by atoms with Gasteiger partial charge in [0.1, 0.15) is 0 Å². The Balaban J connectivity index is 3.19. The number of carbonyl (C=O) groups excluding carboxylic acids is 1. The lowest BCUT2D eigenvalue weighted by atomic mass is 10.1. The second kappa shape index (κ2) is 6.69. The van der Waals surface area contributed by atoms with Crippen LogP contribution in [0.5, 0.6) is 0 Å². The second-order valence-corrected chi connectivity index (χ2v) is 5.08. The van der Waals surface area contributed by atoms with Gasteiger partial charge >= 0.3 is 0 Å². The van der Waals surface area contributed by atoms with Gasteiger partial charge in [0.25, 0.3) is 5.56 Å². The lowest BCUT2D eigenvalue weighted by Gasteiger charge is -2.11. The Bertz CT molecular complexity index is 480. The Morgan fingerprint density at radius 3 is 2.67 bits per heavy atom. The summed E-state index contributed by atoms with van der Waals surface area (Å²) in [5.41, 5.74) is 1.05. The topological polar surface area (TPSA) is 52.0 Å². The van der Waals surface area contributed by atoms with Gasteiger partial charge in [-0.3, -0.25) is 9.59 Å². The average molecular weight is 271 g/mol. The molecule has 1 aromatic heterocycles. The van der Waals surface area contributed by atoms with Gasteiger partial charge in [-0.1, -0.05) is 27.2 Å². The van der Waals surface area contributed by atoms with Crippen LogP contribution in [0.4, 0.5) is 0 Å². The van der Waals surface area contributed by atoms with E-state index in [1.807, 2.05) is 13.8 Å². The normalized spacial score (nSPS) is 10.9. The molecule has 0 fully saturated rings. The first-order valence-corrected chi connectivity index (χ1v) is 6.62. The molecule has 1 heterocycles. The van der Waals surface area contributed by atoms with Crippen molar-refractivity contribution in [2.24, 2.45) is 0 Å². The predicted molar refractivity (Wildman–Crippen MR) is 72.1 cm³/mol. The van der Waals surface area contributed by atoms with E-state index >= 15 is 0 Å². The van der Waals surface area contributed by atoms with Crippen LogP contribution in [0.1, 0.15) is 50.8 Å². The minimum atomic E-state index is -0.518. The molecule has 0 N–H and O–H groups in total.